The number of fused-ring (bicyclic) bond motifs is 1. The first kappa shape index (κ1) is 18.3. The number of benzene rings is 1. The van der Waals surface area contributed by atoms with Crippen LogP contribution in [-0.2, 0) is 11.3 Å². The van der Waals surface area contributed by atoms with Crippen molar-refractivity contribution in [2.75, 3.05) is 18.0 Å². The summed E-state index contributed by atoms with van der Waals surface area (Å²) in [7, 11) is 0. The van der Waals surface area contributed by atoms with Crippen molar-refractivity contribution in [1.82, 2.24) is 20.3 Å². The van der Waals surface area contributed by atoms with Gasteiger partial charge in [-0.25, -0.2) is 9.97 Å². The zero-order valence-electron chi connectivity index (χ0n) is 16.4. The molecule has 1 aromatic carbocycles. The monoisotopic (exact) mass is 375 g/mol. The van der Waals surface area contributed by atoms with E-state index in [1.54, 1.807) is 12.4 Å². The maximum atomic E-state index is 12.8. The highest BCUT2D eigenvalue weighted by Crippen LogP contribution is 2.24. The second-order valence-corrected chi connectivity index (χ2v) is 7.53. The summed E-state index contributed by atoms with van der Waals surface area (Å²) >= 11 is 0. The summed E-state index contributed by atoms with van der Waals surface area (Å²) in [6, 6.07) is 8.35. The number of rotatable bonds is 4. The molecule has 4 rings (SSSR count). The second-order valence-electron chi connectivity index (χ2n) is 7.53. The van der Waals surface area contributed by atoms with Crippen LogP contribution in [0.25, 0.3) is 11.2 Å². The Balaban J connectivity index is 1.42. The summed E-state index contributed by atoms with van der Waals surface area (Å²) < 4.78 is 0. The van der Waals surface area contributed by atoms with Gasteiger partial charge in [0, 0.05) is 32.0 Å². The fraction of sp³-hybridized carbons (Fsp3) is 0.364. The number of anilines is 1. The zero-order valence-corrected chi connectivity index (χ0v) is 16.4. The minimum Gasteiger partial charge on any atom is -0.369 e. The fourth-order valence-corrected chi connectivity index (χ4v) is 3.76. The molecule has 3 heterocycles. The zero-order chi connectivity index (χ0) is 19.5. The van der Waals surface area contributed by atoms with Gasteiger partial charge in [-0.15, -0.1) is 0 Å². The first-order valence-corrected chi connectivity index (χ1v) is 9.76. The van der Waals surface area contributed by atoms with Crippen molar-refractivity contribution in [3.8, 4) is 0 Å². The molecule has 6 nitrogen and oxygen atoms in total. The van der Waals surface area contributed by atoms with Gasteiger partial charge in [0.2, 0.25) is 5.91 Å². The Morgan fingerprint density at radius 2 is 2.04 bits per heavy atom. The Bertz CT molecular complexity index is 1000. The van der Waals surface area contributed by atoms with Gasteiger partial charge in [0.25, 0.3) is 0 Å². The Kier molecular flexibility index (Phi) is 5.19. The quantitative estimate of drug-likeness (QED) is 0.758. The molecule has 1 aliphatic rings. The molecule has 1 atom stereocenters. The molecule has 28 heavy (non-hydrogen) atoms. The number of pyridine rings is 1. The Labute approximate surface area is 165 Å². The number of aryl methyl sites for hydroxylation is 2. The van der Waals surface area contributed by atoms with Gasteiger partial charge in [-0.3, -0.25) is 9.78 Å². The lowest BCUT2D eigenvalue weighted by Crippen LogP contribution is -2.43. The highest BCUT2D eigenvalue weighted by atomic mass is 16.1. The third-order valence-corrected chi connectivity index (χ3v) is 5.42. The average molecular weight is 375 g/mol. The van der Waals surface area contributed by atoms with Crippen LogP contribution in [0.15, 0.2) is 42.9 Å². The number of amides is 1. The van der Waals surface area contributed by atoms with Crippen molar-refractivity contribution >= 4 is 22.8 Å². The van der Waals surface area contributed by atoms with Crippen molar-refractivity contribution in [2.45, 2.75) is 33.2 Å². The standard InChI is InChI=1S/C22H25N5O/c1-15-5-6-16(2)18(10-15)12-26-22(28)17-4-3-9-27(14-17)19-11-20-21(25-13-19)24-8-7-23-20/h5-8,10-11,13,17H,3-4,9,12,14H2,1-2H3,(H,26,28)/t17-/m0/s1. The number of carbonyl (C=O) groups is 1. The molecule has 1 N–H and O–H groups in total. The van der Waals surface area contributed by atoms with Crippen LogP contribution in [0, 0.1) is 19.8 Å². The largest absolute Gasteiger partial charge is 0.369 e. The summed E-state index contributed by atoms with van der Waals surface area (Å²) in [6.07, 6.45) is 7.04. The molecular weight excluding hydrogens is 350 g/mol. The average Bonchev–Trinajstić information content (AvgIpc) is 2.74. The lowest BCUT2D eigenvalue weighted by atomic mass is 9.96. The van der Waals surface area contributed by atoms with E-state index < -0.39 is 0 Å². The summed E-state index contributed by atoms with van der Waals surface area (Å²) in [5.74, 6) is 0.107. The molecule has 6 heteroatoms. The van der Waals surface area contributed by atoms with E-state index in [0.29, 0.717) is 18.7 Å². The summed E-state index contributed by atoms with van der Waals surface area (Å²) in [6.45, 7) is 6.36. The van der Waals surface area contributed by atoms with E-state index in [9.17, 15) is 4.79 Å². The predicted octanol–water partition coefficient (Wildman–Crippen LogP) is 3.17. The summed E-state index contributed by atoms with van der Waals surface area (Å²) in [5.41, 5.74) is 6.02. The topological polar surface area (TPSA) is 71.0 Å². The number of carbonyl (C=O) groups excluding carboxylic acids is 1. The number of piperidine rings is 1. The Morgan fingerprint density at radius 3 is 2.93 bits per heavy atom. The van der Waals surface area contributed by atoms with Gasteiger partial charge in [0.1, 0.15) is 5.52 Å². The third-order valence-electron chi connectivity index (χ3n) is 5.42. The van der Waals surface area contributed by atoms with Crippen molar-refractivity contribution in [3.63, 3.8) is 0 Å². The first-order chi connectivity index (χ1) is 13.6. The maximum Gasteiger partial charge on any atom is 0.225 e. The van der Waals surface area contributed by atoms with Crippen LogP contribution >= 0.6 is 0 Å². The van der Waals surface area contributed by atoms with Gasteiger partial charge in [-0.2, -0.15) is 0 Å². The fourth-order valence-electron chi connectivity index (χ4n) is 3.76. The second kappa shape index (κ2) is 7.92. The molecule has 2 aromatic heterocycles. The Morgan fingerprint density at radius 1 is 1.18 bits per heavy atom. The van der Waals surface area contributed by atoms with Gasteiger partial charge in [-0.1, -0.05) is 23.8 Å². The van der Waals surface area contributed by atoms with Crippen LogP contribution in [0.2, 0.25) is 0 Å². The molecule has 0 aliphatic carbocycles. The molecule has 1 fully saturated rings. The summed E-state index contributed by atoms with van der Waals surface area (Å²) in [5, 5.41) is 3.13. The minimum absolute atomic E-state index is 0.0172. The number of nitrogens with zero attached hydrogens (tertiary/aromatic N) is 4. The van der Waals surface area contributed by atoms with Gasteiger partial charge < -0.3 is 10.2 Å². The number of aromatic nitrogens is 3. The van der Waals surface area contributed by atoms with Crippen LogP contribution in [0.5, 0.6) is 0 Å². The molecule has 0 bridgehead atoms. The summed E-state index contributed by atoms with van der Waals surface area (Å²) in [4.78, 5) is 28.0. The first-order valence-electron chi connectivity index (χ1n) is 9.76. The smallest absolute Gasteiger partial charge is 0.225 e. The van der Waals surface area contributed by atoms with Crippen molar-refractivity contribution in [3.05, 3.63) is 59.5 Å². The van der Waals surface area contributed by atoms with E-state index in [-0.39, 0.29) is 11.8 Å². The molecule has 1 saturated heterocycles. The number of hydrogen-bond acceptors (Lipinski definition) is 5. The highest BCUT2D eigenvalue weighted by molar-refractivity contribution is 5.80. The number of nitrogens with one attached hydrogen (secondary N) is 1. The lowest BCUT2D eigenvalue weighted by molar-refractivity contribution is -0.125. The van der Waals surface area contributed by atoms with Crippen LogP contribution in [-0.4, -0.2) is 33.9 Å². The molecule has 0 spiro atoms. The van der Waals surface area contributed by atoms with Gasteiger partial charge in [-0.05, 0) is 43.9 Å². The highest BCUT2D eigenvalue weighted by Gasteiger charge is 2.26. The van der Waals surface area contributed by atoms with Crippen LogP contribution in [0.1, 0.15) is 29.5 Å². The lowest BCUT2D eigenvalue weighted by Gasteiger charge is -2.33. The van der Waals surface area contributed by atoms with Crippen LogP contribution in [0.4, 0.5) is 5.69 Å². The molecule has 0 radical (unpaired) electrons. The van der Waals surface area contributed by atoms with E-state index in [1.807, 2.05) is 12.3 Å². The van der Waals surface area contributed by atoms with Crippen LogP contribution in [0.3, 0.4) is 0 Å². The molecule has 144 valence electrons. The SMILES string of the molecule is Cc1ccc(C)c(CNC(=O)[C@H]2CCCN(c3cnc4nccnc4c3)C2)c1. The molecule has 3 aromatic rings. The normalized spacial score (nSPS) is 16.9. The molecule has 0 saturated carbocycles. The third kappa shape index (κ3) is 3.96. The van der Waals surface area contributed by atoms with Crippen molar-refractivity contribution in [2.24, 2.45) is 5.92 Å². The van der Waals surface area contributed by atoms with Crippen molar-refractivity contribution in [1.29, 1.82) is 0 Å². The van der Waals surface area contributed by atoms with E-state index in [4.69, 9.17) is 0 Å². The van der Waals surface area contributed by atoms with Crippen molar-refractivity contribution < 1.29 is 4.79 Å². The Hall–Kier alpha value is -3.02. The van der Waals surface area contributed by atoms with Crippen LogP contribution < -0.4 is 10.2 Å². The molecule has 1 aliphatic heterocycles. The van der Waals surface area contributed by atoms with Gasteiger partial charge in [0.15, 0.2) is 5.65 Å². The predicted molar refractivity (Wildman–Crippen MR) is 110 cm³/mol. The van der Waals surface area contributed by atoms with E-state index >= 15 is 0 Å². The van der Waals surface area contributed by atoms with Gasteiger partial charge >= 0.3 is 0 Å². The molecular formula is C22H25N5O. The van der Waals surface area contributed by atoms with E-state index in [0.717, 1.165) is 30.6 Å². The van der Waals surface area contributed by atoms with Gasteiger partial charge in [0.05, 0.1) is 17.8 Å². The minimum atomic E-state index is -0.0172. The van der Waals surface area contributed by atoms with E-state index in [2.05, 4.69) is 57.2 Å². The van der Waals surface area contributed by atoms with E-state index in [1.165, 1.54) is 16.7 Å². The molecule has 1 amide bonds. The number of hydrogen-bond donors (Lipinski definition) is 1. The maximum absolute atomic E-state index is 12.8. The molecule has 0 unspecified atom stereocenters.